The maximum absolute atomic E-state index is 11.4. The average Bonchev–Trinajstić information content (AvgIpc) is 2.59. The lowest BCUT2D eigenvalue weighted by molar-refractivity contribution is -0.149. The smallest absolute Gasteiger partial charge is 0.408 e. The molecular weight excluding hydrogens is 174 g/mol. The topological polar surface area (TPSA) is 64.6 Å². The molecule has 2 unspecified atom stereocenters. The van der Waals surface area contributed by atoms with E-state index in [0.29, 0.717) is 6.42 Å². The van der Waals surface area contributed by atoms with Gasteiger partial charge in [-0.1, -0.05) is 0 Å². The zero-order valence-electron chi connectivity index (χ0n) is 7.33. The van der Waals surface area contributed by atoms with Gasteiger partial charge >= 0.3 is 12.1 Å². The van der Waals surface area contributed by atoms with Crippen molar-refractivity contribution in [2.45, 2.75) is 30.9 Å². The Morgan fingerprint density at radius 2 is 2.54 bits per heavy atom. The third kappa shape index (κ3) is 0.993. The summed E-state index contributed by atoms with van der Waals surface area (Å²) in [6.45, 7) is 0. The van der Waals surface area contributed by atoms with Gasteiger partial charge in [0.05, 0.1) is 7.11 Å². The highest BCUT2D eigenvalue weighted by Gasteiger charge is 2.58. The number of nitrogens with one attached hydrogen (secondary N) is 1. The lowest BCUT2D eigenvalue weighted by Crippen LogP contribution is -2.52. The van der Waals surface area contributed by atoms with Crippen molar-refractivity contribution in [3.63, 3.8) is 0 Å². The summed E-state index contributed by atoms with van der Waals surface area (Å²) in [7, 11) is 1.32. The Balaban J connectivity index is 2.27. The number of rotatable bonds is 1. The molecule has 72 valence electrons. The molecule has 1 amide bonds. The first kappa shape index (κ1) is 8.34. The summed E-state index contributed by atoms with van der Waals surface area (Å²) in [6.07, 6.45) is 1.35. The van der Waals surface area contributed by atoms with Gasteiger partial charge in [-0.25, -0.2) is 9.59 Å². The first-order valence-electron chi connectivity index (χ1n) is 4.26. The van der Waals surface area contributed by atoms with Crippen LogP contribution in [0.15, 0.2) is 0 Å². The summed E-state index contributed by atoms with van der Waals surface area (Å²) in [4.78, 5) is 22.4. The molecule has 0 spiro atoms. The molecule has 2 aliphatic rings. The molecule has 1 saturated carbocycles. The van der Waals surface area contributed by atoms with Crippen LogP contribution in [0.1, 0.15) is 19.3 Å². The van der Waals surface area contributed by atoms with Crippen LogP contribution in [0, 0.1) is 0 Å². The number of hydrogen-bond donors (Lipinski definition) is 1. The zero-order chi connectivity index (χ0) is 9.47. The molecule has 5 nitrogen and oxygen atoms in total. The molecule has 1 saturated heterocycles. The van der Waals surface area contributed by atoms with Crippen molar-refractivity contribution in [3.05, 3.63) is 0 Å². The van der Waals surface area contributed by atoms with Gasteiger partial charge in [0.2, 0.25) is 0 Å². The number of carbonyl (C=O) groups is 2. The van der Waals surface area contributed by atoms with Crippen LogP contribution in [0.5, 0.6) is 0 Å². The SMILES string of the molecule is COC(=O)C12CCCC1OC(=O)N2. The first-order valence-corrected chi connectivity index (χ1v) is 4.26. The van der Waals surface area contributed by atoms with Crippen LogP contribution in [0.4, 0.5) is 4.79 Å². The van der Waals surface area contributed by atoms with Crippen molar-refractivity contribution in [3.8, 4) is 0 Å². The third-order valence-electron chi connectivity index (χ3n) is 2.71. The van der Waals surface area contributed by atoms with Gasteiger partial charge in [-0.05, 0) is 19.3 Å². The molecule has 1 N–H and O–H groups in total. The molecule has 2 rings (SSSR count). The summed E-state index contributed by atoms with van der Waals surface area (Å²) in [6, 6.07) is 0. The van der Waals surface area contributed by atoms with Crippen molar-refractivity contribution in [1.29, 1.82) is 0 Å². The third-order valence-corrected chi connectivity index (χ3v) is 2.71. The summed E-state index contributed by atoms with van der Waals surface area (Å²) in [5, 5.41) is 2.54. The number of hydrogen-bond acceptors (Lipinski definition) is 4. The second kappa shape index (κ2) is 2.61. The van der Waals surface area contributed by atoms with E-state index in [-0.39, 0.29) is 6.10 Å². The van der Waals surface area contributed by atoms with Crippen LogP contribution in [0.25, 0.3) is 0 Å². The fourth-order valence-electron chi connectivity index (χ4n) is 2.08. The maximum Gasteiger partial charge on any atom is 0.408 e. The molecule has 0 aromatic carbocycles. The van der Waals surface area contributed by atoms with Gasteiger partial charge in [-0.2, -0.15) is 0 Å². The highest BCUT2D eigenvalue weighted by atomic mass is 16.6. The van der Waals surface area contributed by atoms with E-state index in [9.17, 15) is 9.59 Å². The lowest BCUT2D eigenvalue weighted by atomic mass is 9.96. The van der Waals surface area contributed by atoms with E-state index < -0.39 is 17.6 Å². The van der Waals surface area contributed by atoms with E-state index in [4.69, 9.17) is 4.74 Å². The Kier molecular flexibility index (Phi) is 1.68. The van der Waals surface area contributed by atoms with Crippen molar-refractivity contribution in [2.75, 3.05) is 7.11 Å². The number of ether oxygens (including phenoxy) is 2. The van der Waals surface area contributed by atoms with Crippen LogP contribution >= 0.6 is 0 Å². The van der Waals surface area contributed by atoms with Gasteiger partial charge in [-0.15, -0.1) is 0 Å². The number of amides is 1. The van der Waals surface area contributed by atoms with E-state index in [1.807, 2.05) is 0 Å². The Morgan fingerprint density at radius 3 is 3.23 bits per heavy atom. The quantitative estimate of drug-likeness (QED) is 0.592. The predicted octanol–water partition coefficient (Wildman–Crippen LogP) is 0.190. The minimum atomic E-state index is -0.897. The van der Waals surface area contributed by atoms with Gasteiger partial charge in [-0.3, -0.25) is 0 Å². The molecule has 0 bridgehead atoms. The second-order valence-corrected chi connectivity index (χ2v) is 3.37. The summed E-state index contributed by atoms with van der Waals surface area (Å²) < 4.78 is 9.61. The van der Waals surface area contributed by atoms with Crippen LogP contribution in [-0.2, 0) is 14.3 Å². The fourth-order valence-corrected chi connectivity index (χ4v) is 2.08. The van der Waals surface area contributed by atoms with E-state index in [0.717, 1.165) is 12.8 Å². The zero-order valence-corrected chi connectivity index (χ0v) is 7.33. The predicted molar refractivity (Wildman–Crippen MR) is 42.0 cm³/mol. The molecule has 1 aliphatic carbocycles. The normalized spacial score (nSPS) is 36.4. The standard InChI is InChI=1S/C8H11NO4/c1-12-6(10)8-4-2-3-5(8)13-7(11)9-8/h5H,2-4H2,1H3,(H,9,11). The number of alkyl carbamates (subject to hydrolysis) is 1. The molecule has 0 radical (unpaired) electrons. The van der Waals surface area contributed by atoms with E-state index in [1.54, 1.807) is 0 Å². The molecule has 0 aromatic heterocycles. The van der Waals surface area contributed by atoms with Gasteiger partial charge in [0, 0.05) is 0 Å². The van der Waals surface area contributed by atoms with E-state index in [2.05, 4.69) is 10.1 Å². The molecule has 13 heavy (non-hydrogen) atoms. The van der Waals surface area contributed by atoms with Crippen LogP contribution < -0.4 is 5.32 Å². The Labute approximate surface area is 75.4 Å². The van der Waals surface area contributed by atoms with Crippen molar-refractivity contribution in [2.24, 2.45) is 0 Å². The molecule has 2 atom stereocenters. The molecule has 1 heterocycles. The second-order valence-electron chi connectivity index (χ2n) is 3.37. The van der Waals surface area contributed by atoms with Crippen molar-refractivity contribution in [1.82, 2.24) is 5.32 Å². The van der Waals surface area contributed by atoms with Crippen LogP contribution in [0.3, 0.4) is 0 Å². The summed E-state index contributed by atoms with van der Waals surface area (Å²) in [5.41, 5.74) is -0.897. The fraction of sp³-hybridized carbons (Fsp3) is 0.750. The number of esters is 1. The molecule has 5 heteroatoms. The highest BCUT2D eigenvalue weighted by molar-refractivity contribution is 5.89. The number of carbonyl (C=O) groups excluding carboxylic acids is 2. The van der Waals surface area contributed by atoms with Gasteiger partial charge in [0.1, 0.15) is 6.10 Å². The Hall–Kier alpha value is -1.26. The van der Waals surface area contributed by atoms with Crippen molar-refractivity contribution >= 4 is 12.1 Å². The minimum Gasteiger partial charge on any atom is -0.467 e. The van der Waals surface area contributed by atoms with E-state index in [1.165, 1.54) is 7.11 Å². The average molecular weight is 185 g/mol. The molecule has 0 aromatic rings. The van der Waals surface area contributed by atoms with E-state index >= 15 is 0 Å². The molecular formula is C8H11NO4. The summed E-state index contributed by atoms with van der Waals surface area (Å²) >= 11 is 0. The Morgan fingerprint density at radius 1 is 1.77 bits per heavy atom. The van der Waals surface area contributed by atoms with Gasteiger partial charge < -0.3 is 14.8 Å². The number of fused-ring (bicyclic) bond motifs is 1. The lowest BCUT2D eigenvalue weighted by Gasteiger charge is -2.22. The van der Waals surface area contributed by atoms with Crippen LogP contribution in [-0.4, -0.2) is 30.8 Å². The van der Waals surface area contributed by atoms with Gasteiger partial charge in [0.15, 0.2) is 5.54 Å². The summed E-state index contributed by atoms with van der Waals surface area (Å²) in [5.74, 6) is -0.402. The van der Waals surface area contributed by atoms with Gasteiger partial charge in [0.25, 0.3) is 0 Å². The monoisotopic (exact) mass is 185 g/mol. The minimum absolute atomic E-state index is 0.340. The molecule has 1 aliphatic heterocycles. The largest absolute Gasteiger partial charge is 0.467 e. The number of methoxy groups -OCH3 is 1. The Bertz CT molecular complexity index is 265. The van der Waals surface area contributed by atoms with Crippen LogP contribution in [0.2, 0.25) is 0 Å². The maximum atomic E-state index is 11.4. The van der Waals surface area contributed by atoms with Crippen molar-refractivity contribution < 1.29 is 19.1 Å². The molecule has 2 fully saturated rings. The first-order chi connectivity index (χ1) is 6.19. The highest BCUT2D eigenvalue weighted by Crippen LogP contribution is 2.37.